The summed E-state index contributed by atoms with van der Waals surface area (Å²) in [7, 11) is -4.00. The minimum atomic E-state index is -4.00. The van der Waals surface area contributed by atoms with Gasteiger partial charge in [-0.1, -0.05) is 72.0 Å². The Morgan fingerprint density at radius 1 is 0.897 bits per heavy atom. The number of carbonyl (C=O) groups is 1. The molecule has 0 atom stereocenters. The first-order valence-electron chi connectivity index (χ1n) is 12.4. The van der Waals surface area contributed by atoms with Crippen molar-refractivity contribution in [1.82, 2.24) is 4.57 Å². The summed E-state index contributed by atoms with van der Waals surface area (Å²) < 4.78 is 31.5. The summed E-state index contributed by atoms with van der Waals surface area (Å²) in [5, 5.41) is 2.89. The molecule has 0 unspecified atom stereocenters. The Bertz CT molecular complexity index is 1790. The molecule has 1 amide bonds. The molecular formula is C30H27N3O4S2. The number of nitrogens with zero attached hydrogens (tertiary/aromatic N) is 2. The molecule has 7 nitrogen and oxygen atoms in total. The third kappa shape index (κ3) is 5.36. The summed E-state index contributed by atoms with van der Waals surface area (Å²) in [6, 6.07) is 29.4. The number of carbonyl (C=O) groups excluding carboxylic acids is 1. The molecule has 4 aromatic carbocycles. The van der Waals surface area contributed by atoms with E-state index in [0.29, 0.717) is 5.69 Å². The fraction of sp³-hybridized carbons (Fsp3) is 0.133. The van der Waals surface area contributed by atoms with Gasteiger partial charge in [0, 0.05) is 11.7 Å². The minimum absolute atomic E-state index is 0.0146. The highest BCUT2D eigenvalue weighted by atomic mass is 32.2. The number of benzene rings is 4. The van der Waals surface area contributed by atoms with Crippen LogP contribution in [-0.4, -0.2) is 18.9 Å². The van der Waals surface area contributed by atoms with Crippen molar-refractivity contribution in [1.29, 1.82) is 0 Å². The molecule has 39 heavy (non-hydrogen) atoms. The van der Waals surface area contributed by atoms with Crippen molar-refractivity contribution in [3.8, 4) is 0 Å². The molecule has 0 spiro atoms. The molecule has 0 aliphatic rings. The van der Waals surface area contributed by atoms with Gasteiger partial charge in [-0.15, -0.1) is 0 Å². The molecule has 5 aromatic rings. The van der Waals surface area contributed by atoms with Crippen molar-refractivity contribution in [2.45, 2.75) is 31.3 Å². The van der Waals surface area contributed by atoms with Crippen molar-refractivity contribution in [3.63, 3.8) is 0 Å². The van der Waals surface area contributed by atoms with Gasteiger partial charge >= 0.3 is 4.87 Å². The number of amides is 1. The Hall–Kier alpha value is -4.21. The van der Waals surface area contributed by atoms with E-state index in [-0.39, 0.29) is 33.6 Å². The van der Waals surface area contributed by atoms with Crippen LogP contribution in [0.25, 0.3) is 10.2 Å². The highest BCUT2D eigenvalue weighted by Gasteiger charge is 2.28. The first kappa shape index (κ1) is 26.4. The molecule has 0 saturated heterocycles. The number of fused-ring (bicyclic) bond motifs is 1. The van der Waals surface area contributed by atoms with Crippen LogP contribution < -0.4 is 14.5 Å². The predicted molar refractivity (Wildman–Crippen MR) is 157 cm³/mol. The summed E-state index contributed by atoms with van der Waals surface area (Å²) in [6.07, 6.45) is 0. The van der Waals surface area contributed by atoms with Gasteiger partial charge in [0.25, 0.3) is 15.9 Å². The van der Waals surface area contributed by atoms with Gasteiger partial charge in [0.2, 0.25) is 0 Å². The summed E-state index contributed by atoms with van der Waals surface area (Å²) in [5.74, 6) is -0.457. The fourth-order valence-electron chi connectivity index (χ4n) is 4.45. The van der Waals surface area contributed by atoms with E-state index in [0.717, 1.165) is 27.1 Å². The number of nitrogens with one attached hydrogen (secondary N) is 1. The zero-order chi connectivity index (χ0) is 27.6. The number of rotatable bonds is 8. The largest absolute Gasteiger partial charge is 0.322 e. The van der Waals surface area contributed by atoms with Gasteiger partial charge in [0.1, 0.15) is 0 Å². The summed E-state index contributed by atoms with van der Waals surface area (Å²) in [4.78, 5) is 26.1. The van der Waals surface area contributed by atoms with E-state index in [4.69, 9.17) is 0 Å². The zero-order valence-corrected chi connectivity index (χ0v) is 23.1. The second-order valence-electron chi connectivity index (χ2n) is 9.30. The zero-order valence-electron chi connectivity index (χ0n) is 21.4. The Morgan fingerprint density at radius 2 is 1.54 bits per heavy atom. The lowest BCUT2D eigenvalue weighted by atomic mass is 10.1. The molecule has 9 heteroatoms. The number of anilines is 2. The summed E-state index contributed by atoms with van der Waals surface area (Å²) >= 11 is 1.12. The highest BCUT2D eigenvalue weighted by molar-refractivity contribution is 7.92. The van der Waals surface area contributed by atoms with Crippen LogP contribution in [-0.2, 0) is 16.6 Å². The maximum Gasteiger partial charge on any atom is 0.308 e. The van der Waals surface area contributed by atoms with Crippen molar-refractivity contribution in [2.75, 3.05) is 9.62 Å². The second kappa shape index (κ2) is 10.9. The van der Waals surface area contributed by atoms with Crippen molar-refractivity contribution < 1.29 is 13.2 Å². The summed E-state index contributed by atoms with van der Waals surface area (Å²) in [5.41, 5.74) is 2.57. The van der Waals surface area contributed by atoms with Crippen molar-refractivity contribution >= 4 is 48.9 Å². The van der Waals surface area contributed by atoms with E-state index in [1.165, 1.54) is 4.31 Å². The third-order valence-corrected chi connectivity index (χ3v) is 9.00. The van der Waals surface area contributed by atoms with Crippen LogP contribution in [0.15, 0.2) is 113 Å². The molecule has 0 aliphatic heterocycles. The second-order valence-corrected chi connectivity index (χ2v) is 12.2. The Balaban J connectivity index is 1.54. The molecule has 1 N–H and O–H groups in total. The normalized spacial score (nSPS) is 11.6. The molecule has 5 rings (SSSR count). The van der Waals surface area contributed by atoms with E-state index in [9.17, 15) is 18.0 Å². The van der Waals surface area contributed by atoms with Gasteiger partial charge in [0.15, 0.2) is 0 Å². The van der Waals surface area contributed by atoms with E-state index in [1.807, 2.05) is 50.2 Å². The summed E-state index contributed by atoms with van der Waals surface area (Å²) in [6.45, 7) is 3.95. The lowest BCUT2D eigenvalue weighted by molar-refractivity contribution is 0.102. The first-order chi connectivity index (χ1) is 18.8. The Labute approximate surface area is 231 Å². The van der Waals surface area contributed by atoms with Gasteiger partial charge < -0.3 is 5.32 Å². The number of hydrogen-bond donors (Lipinski definition) is 1. The Kier molecular flexibility index (Phi) is 7.36. The maximum atomic E-state index is 13.9. The topological polar surface area (TPSA) is 88.5 Å². The standard InChI is InChI=1S/C30H27N3O4S2/c1-21(2)33-27-18-17-23(19-28(27)38-30(33)35)31-29(34)25-15-9-10-16-26(25)32(20-22-11-5-3-6-12-22)39(36,37)24-13-7-4-8-14-24/h3-19,21H,20H2,1-2H3,(H,31,34). The van der Waals surface area contributed by atoms with Gasteiger partial charge in [-0.25, -0.2) is 8.42 Å². The van der Waals surface area contributed by atoms with Crippen LogP contribution in [0.1, 0.15) is 35.8 Å². The molecule has 0 saturated carbocycles. The molecule has 198 valence electrons. The van der Waals surface area contributed by atoms with E-state index in [1.54, 1.807) is 71.3 Å². The van der Waals surface area contributed by atoms with Gasteiger partial charge in [-0.2, -0.15) is 0 Å². The van der Waals surface area contributed by atoms with Crippen LogP contribution in [0.4, 0.5) is 11.4 Å². The Morgan fingerprint density at radius 3 is 2.23 bits per heavy atom. The highest BCUT2D eigenvalue weighted by Crippen LogP contribution is 2.30. The molecule has 0 fully saturated rings. The number of thiazole rings is 1. The molecule has 0 aliphatic carbocycles. The maximum absolute atomic E-state index is 13.9. The molecule has 0 bridgehead atoms. The smallest absolute Gasteiger partial charge is 0.308 e. The average molecular weight is 558 g/mol. The number of para-hydroxylation sites is 1. The van der Waals surface area contributed by atoms with E-state index >= 15 is 0 Å². The van der Waals surface area contributed by atoms with Gasteiger partial charge in [-0.3, -0.25) is 18.5 Å². The fourth-order valence-corrected chi connectivity index (χ4v) is 7.00. The molecular weight excluding hydrogens is 530 g/mol. The monoisotopic (exact) mass is 557 g/mol. The minimum Gasteiger partial charge on any atom is -0.322 e. The van der Waals surface area contributed by atoms with Crippen LogP contribution in [0.2, 0.25) is 0 Å². The van der Waals surface area contributed by atoms with Gasteiger partial charge in [0.05, 0.1) is 32.9 Å². The van der Waals surface area contributed by atoms with Crippen molar-refractivity contribution in [3.05, 3.63) is 124 Å². The molecule has 1 aromatic heterocycles. The first-order valence-corrected chi connectivity index (χ1v) is 14.7. The lowest BCUT2D eigenvalue weighted by Gasteiger charge is -2.26. The van der Waals surface area contributed by atoms with E-state index in [2.05, 4.69) is 5.32 Å². The van der Waals surface area contributed by atoms with Crippen molar-refractivity contribution in [2.24, 2.45) is 0 Å². The number of sulfonamides is 1. The third-order valence-electron chi connectivity index (χ3n) is 6.31. The number of aromatic nitrogens is 1. The number of hydrogen-bond acceptors (Lipinski definition) is 5. The van der Waals surface area contributed by atoms with Crippen LogP contribution in [0, 0.1) is 0 Å². The van der Waals surface area contributed by atoms with Crippen LogP contribution in [0.3, 0.4) is 0 Å². The SMILES string of the molecule is CC(C)n1c(=O)sc2cc(NC(=O)c3ccccc3N(Cc3ccccc3)S(=O)(=O)c3ccccc3)ccc21. The van der Waals surface area contributed by atoms with Crippen LogP contribution in [0.5, 0.6) is 0 Å². The van der Waals surface area contributed by atoms with Gasteiger partial charge in [-0.05, 0) is 61.9 Å². The molecule has 0 radical (unpaired) electrons. The predicted octanol–water partition coefficient (Wildman–Crippen LogP) is 6.29. The average Bonchev–Trinajstić information content (AvgIpc) is 3.28. The van der Waals surface area contributed by atoms with Crippen LogP contribution >= 0.6 is 11.3 Å². The van der Waals surface area contributed by atoms with E-state index < -0.39 is 15.9 Å². The molecule has 1 heterocycles. The quantitative estimate of drug-likeness (QED) is 0.243. The lowest BCUT2D eigenvalue weighted by Crippen LogP contribution is -2.32.